The van der Waals surface area contributed by atoms with Crippen LogP contribution in [0.2, 0.25) is 10.0 Å². The zero-order chi connectivity index (χ0) is 15.4. The zero-order valence-corrected chi connectivity index (χ0v) is 13.9. The summed E-state index contributed by atoms with van der Waals surface area (Å²) in [5, 5.41) is 12.3. The van der Waals surface area contributed by atoms with Crippen molar-refractivity contribution >= 4 is 46.6 Å². The molecular weight excluding hydrogens is 331 g/mol. The monoisotopic (exact) mass is 344 g/mol. The number of rotatable bonds is 5. The predicted octanol–water partition coefficient (Wildman–Crippen LogP) is 3.42. The van der Waals surface area contributed by atoms with Gasteiger partial charge < -0.3 is 9.88 Å². The maximum atomic E-state index is 12.0. The van der Waals surface area contributed by atoms with Crippen LogP contribution < -0.4 is 5.32 Å². The molecule has 5 nitrogen and oxygen atoms in total. The summed E-state index contributed by atoms with van der Waals surface area (Å²) < 4.78 is 1.88. The highest BCUT2D eigenvalue weighted by atomic mass is 35.5. The number of aryl methyl sites for hydroxylation is 1. The summed E-state index contributed by atoms with van der Waals surface area (Å²) in [5.41, 5.74) is 0.429. The van der Waals surface area contributed by atoms with Gasteiger partial charge in [-0.25, -0.2) is 0 Å². The molecule has 21 heavy (non-hydrogen) atoms. The van der Waals surface area contributed by atoms with E-state index in [1.807, 2.05) is 18.5 Å². The van der Waals surface area contributed by atoms with Crippen molar-refractivity contribution in [1.82, 2.24) is 14.8 Å². The first-order valence-corrected chi connectivity index (χ1v) is 8.02. The van der Waals surface area contributed by atoms with Crippen LogP contribution in [0.1, 0.15) is 12.7 Å². The predicted molar refractivity (Wildman–Crippen MR) is 86.2 cm³/mol. The van der Waals surface area contributed by atoms with Gasteiger partial charge in [0.15, 0.2) is 5.16 Å². The summed E-state index contributed by atoms with van der Waals surface area (Å²) in [6, 6.07) is 5.07. The Kier molecular flexibility index (Phi) is 5.50. The van der Waals surface area contributed by atoms with Crippen LogP contribution in [0.4, 0.5) is 5.69 Å². The number of thioether (sulfide) groups is 1. The third kappa shape index (κ3) is 3.90. The minimum atomic E-state index is -0.198. The summed E-state index contributed by atoms with van der Waals surface area (Å²) in [6.45, 7) is 2.00. The van der Waals surface area contributed by atoms with E-state index in [0.717, 1.165) is 12.2 Å². The van der Waals surface area contributed by atoms with E-state index in [0.29, 0.717) is 20.9 Å². The maximum Gasteiger partial charge on any atom is 0.234 e. The van der Waals surface area contributed by atoms with Crippen LogP contribution >= 0.6 is 35.0 Å². The Labute approximate surface area is 137 Å². The number of halogens is 2. The minimum Gasteiger partial charge on any atom is -0.323 e. The number of aromatic nitrogens is 3. The molecule has 2 aromatic rings. The highest BCUT2D eigenvalue weighted by Crippen LogP contribution is 2.30. The second kappa shape index (κ2) is 7.15. The third-order valence-electron chi connectivity index (χ3n) is 2.80. The van der Waals surface area contributed by atoms with Crippen molar-refractivity contribution in [2.45, 2.75) is 18.5 Å². The molecule has 1 N–H and O–H groups in total. The summed E-state index contributed by atoms with van der Waals surface area (Å²) in [4.78, 5) is 12.0. The molecule has 0 radical (unpaired) electrons. The summed E-state index contributed by atoms with van der Waals surface area (Å²) in [5.74, 6) is 0.889. The molecule has 0 atom stereocenters. The molecule has 0 fully saturated rings. The molecule has 0 bridgehead atoms. The van der Waals surface area contributed by atoms with Crippen molar-refractivity contribution < 1.29 is 4.79 Å². The number of para-hydroxylation sites is 1. The van der Waals surface area contributed by atoms with Gasteiger partial charge >= 0.3 is 0 Å². The van der Waals surface area contributed by atoms with E-state index in [-0.39, 0.29) is 11.7 Å². The second-order valence-corrected chi connectivity index (χ2v) is 6.00. The molecule has 112 valence electrons. The fourth-order valence-corrected chi connectivity index (χ4v) is 2.92. The van der Waals surface area contributed by atoms with E-state index < -0.39 is 0 Å². The minimum absolute atomic E-state index is 0.198. The van der Waals surface area contributed by atoms with Crippen molar-refractivity contribution in [3.05, 3.63) is 34.1 Å². The number of hydrogen-bond donors (Lipinski definition) is 1. The van der Waals surface area contributed by atoms with E-state index in [1.165, 1.54) is 11.8 Å². The highest BCUT2D eigenvalue weighted by Gasteiger charge is 2.13. The summed E-state index contributed by atoms with van der Waals surface area (Å²) in [7, 11) is 1.88. The SMILES string of the molecule is CCc1nnc(SCC(=O)Nc2c(Cl)cccc2Cl)n1C. The van der Waals surface area contributed by atoms with E-state index in [4.69, 9.17) is 23.2 Å². The number of nitrogens with zero attached hydrogens (tertiary/aromatic N) is 3. The fraction of sp³-hybridized carbons (Fsp3) is 0.308. The van der Waals surface area contributed by atoms with Crippen molar-refractivity contribution in [2.24, 2.45) is 7.05 Å². The molecule has 0 saturated carbocycles. The molecular formula is C13H14Cl2N4OS. The van der Waals surface area contributed by atoms with Crippen LogP contribution in [0.25, 0.3) is 0 Å². The lowest BCUT2D eigenvalue weighted by molar-refractivity contribution is -0.113. The Morgan fingerprint density at radius 2 is 2.00 bits per heavy atom. The first-order valence-electron chi connectivity index (χ1n) is 6.27. The van der Waals surface area contributed by atoms with Crippen LogP contribution in [-0.2, 0) is 18.3 Å². The average Bonchev–Trinajstić information content (AvgIpc) is 2.81. The lowest BCUT2D eigenvalue weighted by Crippen LogP contribution is -2.15. The molecule has 0 saturated heterocycles. The van der Waals surface area contributed by atoms with Gasteiger partial charge in [-0.05, 0) is 12.1 Å². The van der Waals surface area contributed by atoms with Gasteiger partial charge in [0.25, 0.3) is 0 Å². The smallest absolute Gasteiger partial charge is 0.234 e. The molecule has 2 rings (SSSR count). The first-order chi connectivity index (χ1) is 10.0. The third-order valence-corrected chi connectivity index (χ3v) is 4.45. The topological polar surface area (TPSA) is 59.8 Å². The van der Waals surface area contributed by atoms with Gasteiger partial charge in [0.2, 0.25) is 5.91 Å². The van der Waals surface area contributed by atoms with Crippen LogP contribution in [0.15, 0.2) is 23.4 Å². The quantitative estimate of drug-likeness (QED) is 0.844. The van der Waals surface area contributed by atoms with Crippen molar-refractivity contribution in [3.8, 4) is 0 Å². The number of carbonyl (C=O) groups excluding carboxylic acids is 1. The van der Waals surface area contributed by atoms with Gasteiger partial charge in [-0.15, -0.1) is 10.2 Å². The summed E-state index contributed by atoms with van der Waals surface area (Å²) >= 11 is 13.3. The van der Waals surface area contributed by atoms with Crippen LogP contribution in [0.3, 0.4) is 0 Å². The molecule has 0 aliphatic heterocycles. The van der Waals surface area contributed by atoms with E-state index in [1.54, 1.807) is 18.2 Å². The fourth-order valence-electron chi connectivity index (χ4n) is 1.70. The molecule has 1 aromatic heterocycles. The Morgan fingerprint density at radius 3 is 2.57 bits per heavy atom. The molecule has 1 heterocycles. The van der Waals surface area contributed by atoms with Crippen molar-refractivity contribution in [3.63, 3.8) is 0 Å². The molecule has 0 unspecified atom stereocenters. The molecule has 0 aliphatic carbocycles. The van der Waals surface area contributed by atoms with Gasteiger partial charge in [-0.2, -0.15) is 0 Å². The Morgan fingerprint density at radius 1 is 1.33 bits per heavy atom. The van der Waals surface area contributed by atoms with Crippen LogP contribution in [-0.4, -0.2) is 26.4 Å². The number of anilines is 1. The van der Waals surface area contributed by atoms with Gasteiger partial charge in [-0.3, -0.25) is 4.79 Å². The van der Waals surface area contributed by atoms with E-state index in [9.17, 15) is 4.79 Å². The molecule has 0 spiro atoms. The lowest BCUT2D eigenvalue weighted by atomic mass is 10.3. The average molecular weight is 345 g/mol. The second-order valence-electron chi connectivity index (χ2n) is 4.24. The maximum absolute atomic E-state index is 12.0. The molecule has 8 heteroatoms. The van der Waals surface area contributed by atoms with E-state index >= 15 is 0 Å². The number of amides is 1. The van der Waals surface area contributed by atoms with Gasteiger partial charge in [0.05, 0.1) is 21.5 Å². The lowest BCUT2D eigenvalue weighted by Gasteiger charge is -2.08. The van der Waals surface area contributed by atoms with Crippen LogP contribution in [0, 0.1) is 0 Å². The number of carbonyl (C=O) groups is 1. The molecule has 0 aliphatic rings. The summed E-state index contributed by atoms with van der Waals surface area (Å²) in [6.07, 6.45) is 0.797. The van der Waals surface area contributed by atoms with Gasteiger partial charge in [0, 0.05) is 13.5 Å². The molecule has 1 amide bonds. The van der Waals surface area contributed by atoms with Crippen LogP contribution in [0.5, 0.6) is 0 Å². The largest absolute Gasteiger partial charge is 0.323 e. The Bertz CT molecular complexity index is 639. The van der Waals surface area contributed by atoms with E-state index in [2.05, 4.69) is 15.5 Å². The zero-order valence-electron chi connectivity index (χ0n) is 11.6. The highest BCUT2D eigenvalue weighted by molar-refractivity contribution is 7.99. The number of nitrogens with one attached hydrogen (secondary N) is 1. The normalized spacial score (nSPS) is 10.7. The number of benzene rings is 1. The van der Waals surface area contributed by atoms with Gasteiger partial charge in [-0.1, -0.05) is 48.0 Å². The number of hydrogen-bond acceptors (Lipinski definition) is 4. The first kappa shape index (κ1) is 16.1. The van der Waals surface area contributed by atoms with Gasteiger partial charge in [0.1, 0.15) is 5.82 Å². The Hall–Kier alpha value is -1.24. The van der Waals surface area contributed by atoms with Crippen molar-refractivity contribution in [2.75, 3.05) is 11.1 Å². The molecule has 1 aromatic carbocycles. The van der Waals surface area contributed by atoms with Crippen molar-refractivity contribution in [1.29, 1.82) is 0 Å². The Balaban J connectivity index is 1.98. The standard InChI is InChI=1S/C13H14Cl2N4OS/c1-3-10-17-18-13(19(10)2)21-7-11(20)16-12-8(14)5-4-6-9(12)15/h4-6H,3,7H2,1-2H3,(H,16,20).